The monoisotopic (exact) mass is 462 g/mol. The summed E-state index contributed by atoms with van der Waals surface area (Å²) in [5, 5.41) is 7.95. The van der Waals surface area contributed by atoms with Crippen molar-refractivity contribution in [1.82, 2.24) is 15.0 Å². The lowest BCUT2D eigenvalue weighted by Crippen LogP contribution is -2.30. The number of carbonyl (C=O) groups is 2. The van der Waals surface area contributed by atoms with Gasteiger partial charge in [0, 0.05) is 6.54 Å². The second kappa shape index (κ2) is 11.4. The van der Waals surface area contributed by atoms with Crippen molar-refractivity contribution in [3.8, 4) is 11.6 Å². The first-order valence-corrected chi connectivity index (χ1v) is 9.76. The van der Waals surface area contributed by atoms with Gasteiger partial charge in [0.15, 0.2) is 16.6 Å². The van der Waals surface area contributed by atoms with Crippen molar-refractivity contribution in [1.29, 1.82) is 0 Å². The number of benzene rings is 1. The van der Waals surface area contributed by atoms with Gasteiger partial charge < -0.3 is 24.8 Å². The largest absolute Gasteiger partial charge is 0.513 e. The lowest BCUT2D eigenvalue weighted by atomic mass is 10.1. The SMILES string of the molecule is CNCCCNC(=O)Nc1snc(OCc2c(F)cc(C)c(F)c2F)c1OC(=O)OC. The van der Waals surface area contributed by atoms with Crippen LogP contribution in [0.5, 0.6) is 11.6 Å². The molecular formula is C18H21F3N4O5S. The maximum Gasteiger partial charge on any atom is 0.513 e. The number of rotatable bonds is 9. The lowest BCUT2D eigenvalue weighted by Gasteiger charge is -2.11. The predicted octanol–water partition coefficient (Wildman–Crippen LogP) is 3.32. The molecule has 170 valence electrons. The smallest absolute Gasteiger partial charge is 0.469 e. The maximum atomic E-state index is 14.1. The van der Waals surface area contributed by atoms with Crippen LogP contribution in [0, 0.1) is 24.4 Å². The highest BCUT2D eigenvalue weighted by atomic mass is 32.1. The fourth-order valence-electron chi connectivity index (χ4n) is 2.29. The molecule has 3 N–H and O–H groups in total. The molecule has 1 aromatic heterocycles. The lowest BCUT2D eigenvalue weighted by molar-refractivity contribution is 0.119. The van der Waals surface area contributed by atoms with Crippen LogP contribution in [0.4, 0.5) is 27.8 Å². The van der Waals surface area contributed by atoms with E-state index in [2.05, 4.69) is 25.1 Å². The molecular weight excluding hydrogens is 441 g/mol. The standard InChI is InChI=1S/C18H21F3N4O5S/c1-9-7-11(19)10(13(21)12(9)20)8-29-15-14(30-18(27)28-3)16(31-25-15)24-17(26)23-6-4-5-22-2/h7,22H,4-6,8H2,1-3H3,(H2,23,24,26). The molecule has 0 aliphatic carbocycles. The normalized spacial score (nSPS) is 10.5. The third-order valence-electron chi connectivity index (χ3n) is 3.88. The second-order valence-corrected chi connectivity index (χ2v) is 6.88. The minimum Gasteiger partial charge on any atom is -0.469 e. The highest BCUT2D eigenvalue weighted by Crippen LogP contribution is 2.39. The van der Waals surface area contributed by atoms with Gasteiger partial charge in [-0.1, -0.05) is 0 Å². The van der Waals surface area contributed by atoms with Crippen molar-refractivity contribution in [2.24, 2.45) is 0 Å². The van der Waals surface area contributed by atoms with Gasteiger partial charge in [-0.15, -0.1) is 4.37 Å². The van der Waals surface area contributed by atoms with E-state index < -0.39 is 41.8 Å². The molecule has 0 aliphatic heterocycles. The van der Waals surface area contributed by atoms with Crippen LogP contribution in [0.25, 0.3) is 0 Å². The summed E-state index contributed by atoms with van der Waals surface area (Å²) in [6.07, 6.45) is -0.460. The quantitative estimate of drug-likeness (QED) is 0.298. The molecule has 0 saturated carbocycles. The van der Waals surface area contributed by atoms with Crippen molar-refractivity contribution in [2.45, 2.75) is 20.0 Å². The molecule has 0 radical (unpaired) electrons. The zero-order valence-electron chi connectivity index (χ0n) is 16.9. The molecule has 0 atom stereocenters. The van der Waals surface area contributed by atoms with E-state index >= 15 is 0 Å². The Balaban J connectivity index is 2.17. The van der Waals surface area contributed by atoms with Gasteiger partial charge in [0.1, 0.15) is 12.4 Å². The number of carbonyl (C=O) groups excluding carboxylic acids is 2. The predicted molar refractivity (Wildman–Crippen MR) is 106 cm³/mol. The third-order valence-corrected chi connectivity index (χ3v) is 4.60. The minimum atomic E-state index is -1.40. The van der Waals surface area contributed by atoms with Crippen molar-refractivity contribution >= 4 is 28.7 Å². The van der Waals surface area contributed by atoms with Crippen LogP contribution in [0.1, 0.15) is 17.5 Å². The number of anilines is 1. The van der Waals surface area contributed by atoms with E-state index in [0.717, 1.165) is 13.2 Å². The first kappa shape index (κ1) is 24.2. The molecule has 13 heteroatoms. The Kier molecular flexibility index (Phi) is 8.88. The molecule has 0 bridgehead atoms. The van der Waals surface area contributed by atoms with Crippen LogP contribution < -0.4 is 25.4 Å². The van der Waals surface area contributed by atoms with Gasteiger partial charge >= 0.3 is 12.2 Å². The second-order valence-electron chi connectivity index (χ2n) is 6.11. The number of nitrogens with one attached hydrogen (secondary N) is 3. The number of halogens is 3. The number of methoxy groups -OCH3 is 1. The number of hydrogen-bond donors (Lipinski definition) is 3. The Morgan fingerprint density at radius 3 is 2.61 bits per heavy atom. The summed E-state index contributed by atoms with van der Waals surface area (Å²) in [5.41, 5.74) is -0.869. The molecule has 0 spiro atoms. The van der Waals surface area contributed by atoms with Gasteiger partial charge in [-0.25, -0.2) is 22.8 Å². The maximum absolute atomic E-state index is 14.1. The Labute approximate surface area is 180 Å². The van der Waals surface area contributed by atoms with Gasteiger partial charge in [-0.05, 0) is 50.1 Å². The van der Waals surface area contributed by atoms with E-state index in [0.29, 0.717) is 31.0 Å². The Hall–Kier alpha value is -3.06. The van der Waals surface area contributed by atoms with Gasteiger partial charge in [0.05, 0.1) is 12.7 Å². The molecule has 2 rings (SSSR count). The number of amides is 2. The molecule has 0 aliphatic rings. The van der Waals surface area contributed by atoms with E-state index in [4.69, 9.17) is 9.47 Å². The molecule has 0 saturated heterocycles. The van der Waals surface area contributed by atoms with Crippen molar-refractivity contribution in [3.05, 3.63) is 34.6 Å². The van der Waals surface area contributed by atoms with E-state index in [1.54, 1.807) is 7.05 Å². The first-order valence-electron chi connectivity index (χ1n) is 8.99. The molecule has 31 heavy (non-hydrogen) atoms. The summed E-state index contributed by atoms with van der Waals surface area (Å²) in [5.74, 6) is -4.29. The van der Waals surface area contributed by atoms with Crippen molar-refractivity contribution < 1.29 is 37.0 Å². The van der Waals surface area contributed by atoms with E-state index in [9.17, 15) is 22.8 Å². The Bertz CT molecular complexity index is 941. The van der Waals surface area contributed by atoms with Gasteiger partial charge in [0.2, 0.25) is 5.75 Å². The summed E-state index contributed by atoms with van der Waals surface area (Å²) in [6.45, 7) is 1.55. The molecule has 1 aromatic carbocycles. The summed E-state index contributed by atoms with van der Waals surface area (Å²) in [7, 11) is 2.84. The zero-order chi connectivity index (χ0) is 23.0. The number of nitrogens with zero attached hydrogens (tertiary/aromatic N) is 1. The van der Waals surface area contributed by atoms with Crippen molar-refractivity contribution in [3.63, 3.8) is 0 Å². The topological polar surface area (TPSA) is 111 Å². The van der Waals surface area contributed by atoms with Crippen LogP contribution in [-0.4, -0.2) is 43.8 Å². The van der Waals surface area contributed by atoms with Gasteiger partial charge in [-0.2, -0.15) is 0 Å². The molecule has 1 heterocycles. The van der Waals surface area contributed by atoms with Gasteiger partial charge in [-0.3, -0.25) is 5.32 Å². The molecule has 2 aromatic rings. The Morgan fingerprint density at radius 1 is 1.19 bits per heavy atom. The van der Waals surface area contributed by atoms with E-state index in [-0.39, 0.29) is 22.2 Å². The van der Waals surface area contributed by atoms with E-state index in [1.165, 1.54) is 6.92 Å². The van der Waals surface area contributed by atoms with Gasteiger partial charge in [0.25, 0.3) is 5.88 Å². The first-order chi connectivity index (χ1) is 14.8. The number of ether oxygens (including phenoxy) is 3. The van der Waals surface area contributed by atoms with Crippen molar-refractivity contribution in [2.75, 3.05) is 32.6 Å². The Morgan fingerprint density at radius 2 is 1.94 bits per heavy atom. The average Bonchev–Trinajstić information content (AvgIpc) is 3.10. The number of aromatic nitrogens is 1. The van der Waals surface area contributed by atoms with Crippen LogP contribution in [0.3, 0.4) is 0 Å². The number of urea groups is 1. The minimum absolute atomic E-state index is 0.0115. The summed E-state index contributed by atoms with van der Waals surface area (Å²) in [6, 6.07) is 0.230. The fraction of sp³-hybridized carbons (Fsp3) is 0.389. The number of hydrogen-bond acceptors (Lipinski definition) is 8. The van der Waals surface area contributed by atoms with Crippen LogP contribution in [0.15, 0.2) is 6.07 Å². The average molecular weight is 462 g/mol. The van der Waals surface area contributed by atoms with Crippen LogP contribution in [0.2, 0.25) is 0 Å². The highest BCUT2D eigenvalue weighted by molar-refractivity contribution is 7.11. The summed E-state index contributed by atoms with van der Waals surface area (Å²) < 4.78 is 60.3. The highest BCUT2D eigenvalue weighted by Gasteiger charge is 2.24. The molecule has 2 amide bonds. The molecule has 0 unspecified atom stereocenters. The van der Waals surface area contributed by atoms with E-state index in [1.807, 2.05) is 0 Å². The number of aryl methyl sites for hydroxylation is 1. The summed E-state index contributed by atoms with van der Waals surface area (Å²) >= 11 is 0.696. The van der Waals surface area contributed by atoms with Crippen LogP contribution >= 0.6 is 11.5 Å². The zero-order valence-corrected chi connectivity index (χ0v) is 17.8. The third kappa shape index (κ3) is 6.46. The van der Waals surface area contributed by atoms with Crippen LogP contribution in [-0.2, 0) is 11.3 Å². The fourth-order valence-corrected chi connectivity index (χ4v) is 2.95. The summed E-state index contributed by atoms with van der Waals surface area (Å²) in [4.78, 5) is 23.6. The molecule has 0 fully saturated rings. The molecule has 9 nitrogen and oxygen atoms in total.